The molecule has 1 heterocycles. The highest BCUT2D eigenvalue weighted by atomic mass is 35.5. The topological polar surface area (TPSA) is 101 Å². The number of ether oxygens (including phenoxy) is 1. The molecule has 0 aliphatic rings. The summed E-state index contributed by atoms with van der Waals surface area (Å²) in [5.74, 6) is -0.331. The van der Waals surface area contributed by atoms with Gasteiger partial charge < -0.3 is 15.0 Å². The summed E-state index contributed by atoms with van der Waals surface area (Å²) in [5.41, 5.74) is 2.85. The molecule has 0 unspecified atom stereocenters. The number of rotatable bonds is 9. The van der Waals surface area contributed by atoms with Crippen LogP contribution in [-0.2, 0) is 22.4 Å². The Labute approximate surface area is 215 Å². The monoisotopic (exact) mass is 506 g/mol. The first kappa shape index (κ1) is 26.6. The average Bonchev–Trinajstić information content (AvgIpc) is 2.85. The van der Waals surface area contributed by atoms with E-state index in [-0.39, 0.29) is 12.3 Å². The minimum atomic E-state index is -0.606. The Bertz CT molecular complexity index is 1320. The smallest absolute Gasteiger partial charge is 0.294 e. The van der Waals surface area contributed by atoms with E-state index in [2.05, 4.69) is 15.3 Å². The molecule has 0 radical (unpaired) electrons. The molecule has 0 aliphatic heterocycles. The Morgan fingerprint density at radius 2 is 1.83 bits per heavy atom. The molecule has 2 aromatic carbocycles. The Morgan fingerprint density at radius 3 is 2.53 bits per heavy atom. The van der Waals surface area contributed by atoms with Crippen molar-refractivity contribution in [1.82, 2.24) is 14.9 Å². The zero-order valence-electron chi connectivity index (χ0n) is 20.5. The number of ketones is 1. The van der Waals surface area contributed by atoms with Crippen LogP contribution in [0.15, 0.2) is 60.8 Å². The summed E-state index contributed by atoms with van der Waals surface area (Å²) in [6.07, 6.45) is 5.17. The Balaban J connectivity index is 1.90. The minimum Gasteiger partial charge on any atom is -0.496 e. The number of aromatic nitrogens is 2. The lowest BCUT2D eigenvalue weighted by Gasteiger charge is -2.13. The summed E-state index contributed by atoms with van der Waals surface area (Å²) in [4.78, 5) is 47.1. The normalized spacial score (nSPS) is 10.8. The molecule has 1 aromatic heterocycles. The summed E-state index contributed by atoms with van der Waals surface area (Å²) in [6, 6.07) is 12.2. The van der Waals surface area contributed by atoms with Crippen LogP contribution in [0.3, 0.4) is 0 Å². The number of benzene rings is 2. The first-order chi connectivity index (χ1) is 17.2. The number of nitrogens with one attached hydrogen (secondary N) is 1. The van der Waals surface area contributed by atoms with E-state index in [0.717, 1.165) is 5.56 Å². The third-order valence-corrected chi connectivity index (χ3v) is 5.62. The largest absolute Gasteiger partial charge is 0.496 e. The van der Waals surface area contributed by atoms with E-state index < -0.39 is 11.7 Å². The molecular formula is C27H27ClN4O4. The first-order valence-corrected chi connectivity index (χ1v) is 11.6. The molecule has 0 saturated heterocycles. The SMILES string of the molecule is C/C=C/C(=O)Nc1ccc(OC)c(Cc2ncc(Cl)c(Cc3ccccc3C(=O)C(=O)N(C)C)n2)c1. The number of carbonyl (C=O) groups excluding carboxylic acids is 3. The van der Waals surface area contributed by atoms with Crippen LogP contribution in [-0.4, -0.2) is 53.7 Å². The van der Waals surface area contributed by atoms with Gasteiger partial charge in [-0.25, -0.2) is 9.97 Å². The van der Waals surface area contributed by atoms with Gasteiger partial charge in [-0.15, -0.1) is 0 Å². The number of hydrogen-bond donors (Lipinski definition) is 1. The zero-order valence-corrected chi connectivity index (χ0v) is 21.3. The average molecular weight is 507 g/mol. The first-order valence-electron chi connectivity index (χ1n) is 11.2. The molecule has 2 amide bonds. The van der Waals surface area contributed by atoms with E-state index in [9.17, 15) is 14.4 Å². The molecule has 8 nitrogen and oxygen atoms in total. The molecule has 0 saturated carbocycles. The van der Waals surface area contributed by atoms with Gasteiger partial charge >= 0.3 is 0 Å². The van der Waals surface area contributed by atoms with Crippen molar-refractivity contribution < 1.29 is 19.1 Å². The van der Waals surface area contributed by atoms with Gasteiger partial charge in [-0.1, -0.05) is 41.9 Å². The number of anilines is 1. The van der Waals surface area contributed by atoms with Crippen LogP contribution < -0.4 is 10.1 Å². The predicted molar refractivity (Wildman–Crippen MR) is 139 cm³/mol. The van der Waals surface area contributed by atoms with Gasteiger partial charge in [0.2, 0.25) is 5.91 Å². The number of carbonyl (C=O) groups is 3. The molecular weight excluding hydrogens is 480 g/mol. The van der Waals surface area contributed by atoms with Crippen LogP contribution in [0.1, 0.15) is 39.9 Å². The van der Waals surface area contributed by atoms with Gasteiger partial charge in [-0.05, 0) is 36.8 Å². The van der Waals surface area contributed by atoms with Crippen molar-refractivity contribution in [1.29, 1.82) is 0 Å². The van der Waals surface area contributed by atoms with E-state index in [1.807, 2.05) is 0 Å². The lowest BCUT2D eigenvalue weighted by atomic mass is 9.99. The Morgan fingerprint density at radius 1 is 1.08 bits per heavy atom. The van der Waals surface area contributed by atoms with E-state index in [1.54, 1.807) is 62.6 Å². The van der Waals surface area contributed by atoms with Gasteiger partial charge in [0.25, 0.3) is 11.7 Å². The molecule has 0 bridgehead atoms. The van der Waals surface area contributed by atoms with Crippen LogP contribution in [0.25, 0.3) is 0 Å². The van der Waals surface area contributed by atoms with Gasteiger partial charge in [0.05, 0.1) is 17.8 Å². The number of amides is 2. The third kappa shape index (κ3) is 6.55. The highest BCUT2D eigenvalue weighted by Crippen LogP contribution is 2.26. The summed E-state index contributed by atoms with van der Waals surface area (Å²) in [6.45, 7) is 1.77. The highest BCUT2D eigenvalue weighted by Gasteiger charge is 2.22. The fourth-order valence-corrected chi connectivity index (χ4v) is 3.71. The lowest BCUT2D eigenvalue weighted by Crippen LogP contribution is -2.30. The van der Waals surface area contributed by atoms with Crippen molar-refractivity contribution in [3.8, 4) is 5.75 Å². The lowest BCUT2D eigenvalue weighted by molar-refractivity contribution is -0.124. The number of allylic oxidation sites excluding steroid dienone is 1. The molecule has 1 N–H and O–H groups in total. The second-order valence-corrected chi connectivity index (χ2v) is 8.54. The maximum Gasteiger partial charge on any atom is 0.294 e. The summed E-state index contributed by atoms with van der Waals surface area (Å²) >= 11 is 6.40. The second-order valence-electron chi connectivity index (χ2n) is 8.14. The molecule has 0 atom stereocenters. The maximum atomic E-state index is 12.7. The van der Waals surface area contributed by atoms with Crippen molar-refractivity contribution in [2.24, 2.45) is 0 Å². The Kier molecular flexibility index (Phi) is 8.91. The molecule has 0 fully saturated rings. The Hall–Kier alpha value is -4.04. The minimum absolute atomic E-state index is 0.236. The molecule has 186 valence electrons. The number of methoxy groups -OCH3 is 1. The quantitative estimate of drug-likeness (QED) is 0.266. The van der Waals surface area contributed by atoms with Gasteiger partial charge in [0, 0.05) is 49.9 Å². The van der Waals surface area contributed by atoms with E-state index >= 15 is 0 Å². The maximum absolute atomic E-state index is 12.7. The fraction of sp³-hybridized carbons (Fsp3) is 0.222. The zero-order chi connectivity index (χ0) is 26.2. The molecule has 3 rings (SSSR count). The van der Waals surface area contributed by atoms with Gasteiger partial charge in [0.1, 0.15) is 11.6 Å². The van der Waals surface area contributed by atoms with Gasteiger partial charge in [-0.2, -0.15) is 0 Å². The van der Waals surface area contributed by atoms with Crippen molar-refractivity contribution in [3.05, 3.63) is 94.0 Å². The molecule has 0 spiro atoms. The van der Waals surface area contributed by atoms with Crippen LogP contribution >= 0.6 is 11.6 Å². The number of Topliss-reactive ketones (excluding diaryl/α,β-unsaturated/α-hetero) is 1. The van der Waals surface area contributed by atoms with Gasteiger partial charge in [0.15, 0.2) is 0 Å². The third-order valence-electron chi connectivity index (χ3n) is 5.30. The van der Waals surface area contributed by atoms with Crippen LogP contribution in [0, 0.1) is 0 Å². The summed E-state index contributed by atoms with van der Waals surface area (Å²) < 4.78 is 5.48. The summed E-state index contributed by atoms with van der Waals surface area (Å²) in [5, 5.41) is 3.15. The van der Waals surface area contributed by atoms with Crippen molar-refractivity contribution in [2.75, 3.05) is 26.5 Å². The molecule has 36 heavy (non-hydrogen) atoms. The predicted octanol–water partition coefficient (Wildman–Crippen LogP) is 4.11. The highest BCUT2D eigenvalue weighted by molar-refractivity contribution is 6.43. The van der Waals surface area contributed by atoms with Crippen LogP contribution in [0.5, 0.6) is 5.75 Å². The second kappa shape index (κ2) is 12.1. The van der Waals surface area contributed by atoms with Crippen LogP contribution in [0.2, 0.25) is 5.02 Å². The number of halogens is 1. The standard InChI is InChI=1S/C27H27ClN4O4/c1-5-8-25(33)30-19-11-12-23(36-4)18(13-19)15-24-29-16-21(28)22(31-24)14-17-9-6-7-10-20(17)26(34)27(35)32(2)3/h5-13,16H,14-15H2,1-4H3,(H,30,33)/b8-5+. The van der Waals surface area contributed by atoms with E-state index in [0.29, 0.717) is 45.5 Å². The van der Waals surface area contributed by atoms with Gasteiger partial charge in [-0.3, -0.25) is 14.4 Å². The number of hydrogen-bond acceptors (Lipinski definition) is 6. The number of likely N-dealkylation sites (N-methyl/N-ethyl adjacent to an activating group) is 1. The van der Waals surface area contributed by atoms with Crippen LogP contribution in [0.4, 0.5) is 5.69 Å². The molecule has 9 heteroatoms. The fourth-order valence-electron chi connectivity index (χ4n) is 3.55. The number of nitrogens with zero attached hydrogens (tertiary/aromatic N) is 3. The van der Waals surface area contributed by atoms with Crippen molar-refractivity contribution in [3.63, 3.8) is 0 Å². The van der Waals surface area contributed by atoms with Crippen molar-refractivity contribution in [2.45, 2.75) is 19.8 Å². The van der Waals surface area contributed by atoms with E-state index in [4.69, 9.17) is 16.3 Å². The van der Waals surface area contributed by atoms with E-state index in [1.165, 1.54) is 31.3 Å². The molecule has 3 aromatic rings. The van der Waals surface area contributed by atoms with Crippen molar-refractivity contribution >= 4 is 34.9 Å². The molecule has 0 aliphatic carbocycles. The summed E-state index contributed by atoms with van der Waals surface area (Å²) in [7, 11) is 4.63.